The molecule has 1 unspecified atom stereocenters. The third-order valence-corrected chi connectivity index (χ3v) is 4.24. The number of aromatic nitrogens is 1. The summed E-state index contributed by atoms with van der Waals surface area (Å²) in [4.78, 5) is 26.5. The highest BCUT2D eigenvalue weighted by molar-refractivity contribution is 5.92. The highest BCUT2D eigenvalue weighted by atomic mass is 16.5. The minimum Gasteiger partial charge on any atom is -0.361 e. The Kier molecular flexibility index (Phi) is 4.93. The highest BCUT2D eigenvalue weighted by Gasteiger charge is 2.29. The van der Waals surface area contributed by atoms with E-state index in [0.717, 1.165) is 18.4 Å². The van der Waals surface area contributed by atoms with E-state index in [9.17, 15) is 9.59 Å². The van der Waals surface area contributed by atoms with Gasteiger partial charge in [-0.2, -0.15) is 0 Å². The molecule has 3 rings (SSSR count). The molecule has 2 aromatic rings. The maximum atomic E-state index is 12.4. The van der Waals surface area contributed by atoms with Crippen molar-refractivity contribution in [2.45, 2.75) is 26.3 Å². The number of hydrogen-bond donors (Lipinski definition) is 1. The van der Waals surface area contributed by atoms with Gasteiger partial charge in [0.05, 0.1) is 5.92 Å². The lowest BCUT2D eigenvalue weighted by molar-refractivity contribution is -0.126. The molecule has 0 aliphatic carbocycles. The van der Waals surface area contributed by atoms with Crippen molar-refractivity contribution >= 4 is 11.8 Å². The smallest absolute Gasteiger partial charge is 0.276 e. The molecule has 1 aromatic carbocycles. The fraction of sp³-hybridized carbons (Fsp3) is 0.389. The molecule has 0 bridgehead atoms. The van der Waals surface area contributed by atoms with E-state index in [-0.39, 0.29) is 17.7 Å². The van der Waals surface area contributed by atoms with Crippen molar-refractivity contribution in [2.75, 3.05) is 13.1 Å². The van der Waals surface area contributed by atoms with Gasteiger partial charge in [0.2, 0.25) is 5.91 Å². The first-order valence-electron chi connectivity index (χ1n) is 8.17. The topological polar surface area (TPSA) is 75.4 Å². The van der Waals surface area contributed by atoms with Crippen molar-refractivity contribution in [1.82, 2.24) is 15.4 Å². The molecule has 0 spiro atoms. The van der Waals surface area contributed by atoms with Crippen LogP contribution in [0.15, 0.2) is 40.9 Å². The molecular weight excluding hydrogens is 306 g/mol. The van der Waals surface area contributed by atoms with Crippen LogP contribution in [0.25, 0.3) is 0 Å². The molecular formula is C18H21N3O3. The minimum absolute atomic E-state index is 0.00677. The van der Waals surface area contributed by atoms with Gasteiger partial charge in [0, 0.05) is 25.7 Å². The van der Waals surface area contributed by atoms with Crippen LogP contribution in [0.2, 0.25) is 0 Å². The molecule has 1 atom stereocenters. The number of rotatable bonds is 4. The normalized spacial score (nSPS) is 17.5. The first kappa shape index (κ1) is 16.2. The number of amides is 2. The Morgan fingerprint density at radius 1 is 1.33 bits per heavy atom. The Hall–Kier alpha value is -2.63. The molecule has 0 saturated carbocycles. The minimum atomic E-state index is -0.181. The molecule has 1 N–H and O–H groups in total. The van der Waals surface area contributed by atoms with Gasteiger partial charge in [0.15, 0.2) is 5.69 Å². The van der Waals surface area contributed by atoms with Gasteiger partial charge in [-0.25, -0.2) is 0 Å². The van der Waals surface area contributed by atoms with Gasteiger partial charge in [-0.3, -0.25) is 9.59 Å². The summed E-state index contributed by atoms with van der Waals surface area (Å²) in [5.74, 6) is 0.243. The van der Waals surface area contributed by atoms with Gasteiger partial charge in [-0.05, 0) is 25.3 Å². The van der Waals surface area contributed by atoms with Crippen LogP contribution >= 0.6 is 0 Å². The molecule has 1 aliphatic rings. The van der Waals surface area contributed by atoms with Gasteiger partial charge < -0.3 is 14.7 Å². The van der Waals surface area contributed by atoms with E-state index in [1.54, 1.807) is 17.9 Å². The summed E-state index contributed by atoms with van der Waals surface area (Å²) in [5, 5.41) is 6.73. The number of hydrogen-bond acceptors (Lipinski definition) is 4. The lowest BCUT2D eigenvalue weighted by Gasteiger charge is -2.31. The number of likely N-dealkylation sites (tertiary alicyclic amines) is 1. The van der Waals surface area contributed by atoms with Crippen LogP contribution in [0.1, 0.15) is 34.7 Å². The average molecular weight is 327 g/mol. The van der Waals surface area contributed by atoms with E-state index in [1.165, 1.54) is 0 Å². The number of benzene rings is 1. The summed E-state index contributed by atoms with van der Waals surface area (Å²) in [6.07, 6.45) is 1.61. The number of carbonyl (C=O) groups excluding carboxylic acids is 2. The molecule has 1 aromatic heterocycles. The number of piperidine rings is 1. The monoisotopic (exact) mass is 327 g/mol. The van der Waals surface area contributed by atoms with Crippen LogP contribution in [-0.2, 0) is 11.3 Å². The fourth-order valence-electron chi connectivity index (χ4n) is 2.93. The molecule has 6 heteroatoms. The highest BCUT2D eigenvalue weighted by Crippen LogP contribution is 2.19. The van der Waals surface area contributed by atoms with Gasteiger partial charge in [0.1, 0.15) is 5.76 Å². The lowest BCUT2D eigenvalue weighted by Crippen LogP contribution is -2.45. The quantitative estimate of drug-likeness (QED) is 0.933. The van der Waals surface area contributed by atoms with Crippen LogP contribution in [0.3, 0.4) is 0 Å². The zero-order valence-electron chi connectivity index (χ0n) is 13.7. The zero-order valence-corrected chi connectivity index (χ0v) is 13.7. The summed E-state index contributed by atoms with van der Waals surface area (Å²) in [6, 6.07) is 11.4. The first-order valence-corrected chi connectivity index (χ1v) is 8.17. The number of aryl methyl sites for hydroxylation is 1. The molecule has 6 nitrogen and oxygen atoms in total. The van der Waals surface area contributed by atoms with Crippen LogP contribution in [0.5, 0.6) is 0 Å². The second-order valence-electron chi connectivity index (χ2n) is 6.12. The van der Waals surface area contributed by atoms with Crippen molar-refractivity contribution in [1.29, 1.82) is 0 Å². The molecule has 24 heavy (non-hydrogen) atoms. The largest absolute Gasteiger partial charge is 0.361 e. The number of nitrogens with zero attached hydrogens (tertiary/aromatic N) is 2. The maximum absolute atomic E-state index is 12.4. The van der Waals surface area contributed by atoms with E-state index in [0.29, 0.717) is 31.1 Å². The Balaban J connectivity index is 1.56. The predicted octanol–water partition coefficient (Wildman–Crippen LogP) is 2.15. The summed E-state index contributed by atoms with van der Waals surface area (Å²) in [6.45, 7) is 3.32. The van der Waals surface area contributed by atoms with Crippen LogP contribution in [0.4, 0.5) is 0 Å². The van der Waals surface area contributed by atoms with E-state index >= 15 is 0 Å². The van der Waals surface area contributed by atoms with Crippen LogP contribution in [0, 0.1) is 12.8 Å². The molecule has 126 valence electrons. The molecule has 2 amide bonds. The van der Waals surface area contributed by atoms with Gasteiger partial charge in [-0.15, -0.1) is 0 Å². The van der Waals surface area contributed by atoms with Gasteiger partial charge in [-0.1, -0.05) is 35.5 Å². The Bertz CT molecular complexity index is 711. The standard InChI is InChI=1S/C18H21N3O3/c1-13-10-16(20-24-13)18(23)21-9-5-8-15(12-21)17(22)19-11-14-6-3-2-4-7-14/h2-4,6-7,10,15H,5,8-9,11-12H2,1H3,(H,19,22). The molecule has 1 fully saturated rings. The third kappa shape index (κ3) is 3.82. The summed E-state index contributed by atoms with van der Waals surface area (Å²) in [5.41, 5.74) is 1.37. The Labute approximate surface area is 140 Å². The van der Waals surface area contributed by atoms with E-state index < -0.39 is 0 Å². The molecule has 2 heterocycles. The molecule has 0 radical (unpaired) electrons. The number of carbonyl (C=O) groups is 2. The van der Waals surface area contributed by atoms with Crippen LogP contribution in [-0.4, -0.2) is 35.0 Å². The van der Waals surface area contributed by atoms with Crippen molar-refractivity contribution < 1.29 is 14.1 Å². The SMILES string of the molecule is Cc1cc(C(=O)N2CCCC(C(=O)NCc3ccccc3)C2)no1. The summed E-state index contributed by atoms with van der Waals surface area (Å²) in [7, 11) is 0. The van der Waals surface area contributed by atoms with Crippen molar-refractivity contribution in [3.63, 3.8) is 0 Å². The van der Waals surface area contributed by atoms with Crippen LogP contribution < -0.4 is 5.32 Å². The van der Waals surface area contributed by atoms with Crippen molar-refractivity contribution in [3.8, 4) is 0 Å². The second kappa shape index (κ2) is 7.29. The predicted molar refractivity (Wildman–Crippen MR) is 88.2 cm³/mol. The summed E-state index contributed by atoms with van der Waals surface area (Å²) < 4.78 is 4.96. The fourth-order valence-corrected chi connectivity index (χ4v) is 2.93. The van der Waals surface area contributed by atoms with Crippen molar-refractivity contribution in [2.24, 2.45) is 5.92 Å². The second-order valence-corrected chi connectivity index (χ2v) is 6.12. The first-order chi connectivity index (χ1) is 11.6. The summed E-state index contributed by atoms with van der Waals surface area (Å²) >= 11 is 0. The zero-order chi connectivity index (χ0) is 16.9. The van der Waals surface area contributed by atoms with Gasteiger partial charge in [0.25, 0.3) is 5.91 Å². The van der Waals surface area contributed by atoms with E-state index in [4.69, 9.17) is 4.52 Å². The van der Waals surface area contributed by atoms with E-state index in [1.807, 2.05) is 30.3 Å². The lowest BCUT2D eigenvalue weighted by atomic mass is 9.96. The van der Waals surface area contributed by atoms with E-state index in [2.05, 4.69) is 10.5 Å². The number of nitrogens with one attached hydrogen (secondary N) is 1. The maximum Gasteiger partial charge on any atom is 0.276 e. The Morgan fingerprint density at radius 3 is 2.83 bits per heavy atom. The van der Waals surface area contributed by atoms with Gasteiger partial charge >= 0.3 is 0 Å². The molecule has 1 aliphatic heterocycles. The Morgan fingerprint density at radius 2 is 2.12 bits per heavy atom. The average Bonchev–Trinajstić information content (AvgIpc) is 3.06. The third-order valence-electron chi connectivity index (χ3n) is 4.24. The van der Waals surface area contributed by atoms with Crippen molar-refractivity contribution in [3.05, 3.63) is 53.4 Å². The molecule has 1 saturated heterocycles.